The van der Waals surface area contributed by atoms with Gasteiger partial charge in [0.2, 0.25) is 0 Å². The first-order valence-corrected chi connectivity index (χ1v) is 7.39. The molecule has 0 heterocycles. The van der Waals surface area contributed by atoms with Gasteiger partial charge in [-0.3, -0.25) is 9.59 Å². The van der Waals surface area contributed by atoms with Crippen LogP contribution in [0, 0.1) is 0 Å². The van der Waals surface area contributed by atoms with Crippen molar-refractivity contribution in [3.8, 4) is 0 Å². The van der Waals surface area contributed by atoms with Gasteiger partial charge in [0.15, 0.2) is 17.5 Å². The number of hydrogen-bond acceptors (Lipinski definition) is 8. The van der Waals surface area contributed by atoms with Crippen LogP contribution in [0.2, 0.25) is 0 Å². The van der Waals surface area contributed by atoms with Gasteiger partial charge in [-0.05, 0) is 12.8 Å². The molecule has 1 aliphatic carbocycles. The maximum atomic E-state index is 12.0. The fourth-order valence-corrected chi connectivity index (χ4v) is 2.57. The van der Waals surface area contributed by atoms with Crippen LogP contribution in [0.5, 0.6) is 0 Å². The Labute approximate surface area is 128 Å². The molecule has 0 aromatic carbocycles. The van der Waals surface area contributed by atoms with Crippen LogP contribution in [0.3, 0.4) is 0 Å². The smallest absolute Gasteiger partial charge is 0.306 e. The van der Waals surface area contributed by atoms with Crippen molar-refractivity contribution >= 4 is 11.8 Å². The molecule has 0 bridgehead atoms. The van der Waals surface area contributed by atoms with Gasteiger partial charge in [-0.1, -0.05) is 13.8 Å². The molecule has 1 fully saturated rings. The van der Waals surface area contributed by atoms with Gasteiger partial charge in [-0.2, -0.15) is 0 Å². The lowest BCUT2D eigenvalue weighted by molar-refractivity contribution is -0.263. The fraction of sp³-hybridized carbons (Fsp3) is 0.857. The zero-order chi connectivity index (χ0) is 17.1. The highest BCUT2D eigenvalue weighted by atomic mass is 16.6. The molecule has 22 heavy (non-hydrogen) atoms. The minimum Gasteiger partial charge on any atom is -0.457 e. The number of esters is 1. The van der Waals surface area contributed by atoms with Crippen LogP contribution in [0.4, 0.5) is 0 Å². The van der Waals surface area contributed by atoms with Crippen LogP contribution in [0.15, 0.2) is 0 Å². The number of carbonyl (C=O) groups is 2. The number of aliphatic hydroxyl groups excluding tert-OH is 4. The summed E-state index contributed by atoms with van der Waals surface area (Å²) in [6.07, 6.45) is -8.88. The molecule has 1 aliphatic rings. The number of hydrogen-bond donors (Lipinski definition) is 5. The maximum absolute atomic E-state index is 12.0. The molecular weight excluding hydrogens is 296 g/mol. The topological polar surface area (TPSA) is 145 Å². The van der Waals surface area contributed by atoms with Crippen molar-refractivity contribution in [2.75, 3.05) is 0 Å². The summed E-state index contributed by atoms with van der Waals surface area (Å²) in [5, 5.41) is 50.3. The first kappa shape index (κ1) is 19.0. The van der Waals surface area contributed by atoms with Gasteiger partial charge in [0.05, 0.1) is 0 Å². The molecule has 8 heteroatoms. The molecule has 0 spiro atoms. The van der Waals surface area contributed by atoms with E-state index in [9.17, 15) is 35.1 Å². The van der Waals surface area contributed by atoms with Gasteiger partial charge >= 0.3 is 5.97 Å². The predicted molar refractivity (Wildman–Crippen MR) is 73.7 cm³/mol. The molecule has 128 valence electrons. The van der Waals surface area contributed by atoms with Gasteiger partial charge in [-0.25, -0.2) is 0 Å². The average molecular weight is 320 g/mol. The van der Waals surface area contributed by atoms with E-state index in [-0.39, 0.29) is 12.8 Å². The molecule has 0 amide bonds. The highest BCUT2D eigenvalue weighted by Crippen LogP contribution is 2.33. The van der Waals surface area contributed by atoms with Crippen LogP contribution < -0.4 is 0 Å². The molecule has 4 unspecified atom stereocenters. The second-order valence-corrected chi connectivity index (χ2v) is 5.57. The summed E-state index contributed by atoms with van der Waals surface area (Å²) in [6.45, 7) is 3.38. The summed E-state index contributed by atoms with van der Waals surface area (Å²) in [6, 6.07) is 0. The third-order valence-corrected chi connectivity index (χ3v) is 3.87. The molecule has 1 rings (SSSR count). The molecular formula is C14H24O8. The number of carbonyl (C=O) groups excluding carboxylic acids is 2. The van der Waals surface area contributed by atoms with E-state index < -0.39 is 47.9 Å². The number of ketones is 1. The standard InChI is InChI=1S/C14H24O8/c1-3-5-7(15)14(21)12(19)9(17)11(10(18)13(14)20)22-8(16)6-4-2/h9-13,17-21H,3-6H2,1-2H3. The molecule has 8 nitrogen and oxygen atoms in total. The molecule has 0 saturated heterocycles. The summed E-state index contributed by atoms with van der Waals surface area (Å²) in [4.78, 5) is 23.4. The molecule has 0 radical (unpaired) electrons. The molecule has 0 aromatic heterocycles. The second-order valence-electron chi connectivity index (χ2n) is 5.57. The van der Waals surface area contributed by atoms with E-state index >= 15 is 0 Å². The third-order valence-electron chi connectivity index (χ3n) is 3.87. The number of aliphatic hydroxyl groups is 5. The zero-order valence-electron chi connectivity index (χ0n) is 12.7. The summed E-state index contributed by atoms with van der Waals surface area (Å²) >= 11 is 0. The highest BCUT2D eigenvalue weighted by Gasteiger charge is 2.62. The third kappa shape index (κ3) is 3.31. The van der Waals surface area contributed by atoms with Crippen LogP contribution in [-0.2, 0) is 14.3 Å². The lowest BCUT2D eigenvalue weighted by Crippen LogP contribution is -2.74. The van der Waals surface area contributed by atoms with E-state index in [1.165, 1.54) is 0 Å². The van der Waals surface area contributed by atoms with Crippen LogP contribution in [0.1, 0.15) is 39.5 Å². The van der Waals surface area contributed by atoms with Crippen molar-refractivity contribution in [1.82, 2.24) is 0 Å². The van der Waals surface area contributed by atoms with E-state index in [4.69, 9.17) is 4.74 Å². The number of Topliss-reactive ketones (excluding diaryl/α,β-unsaturated/α-hetero) is 1. The Kier molecular flexibility index (Phi) is 6.45. The lowest BCUT2D eigenvalue weighted by atomic mass is 9.71. The van der Waals surface area contributed by atoms with E-state index in [0.29, 0.717) is 12.8 Å². The molecule has 0 aliphatic heterocycles. The first-order chi connectivity index (χ1) is 10.2. The van der Waals surface area contributed by atoms with E-state index in [2.05, 4.69) is 0 Å². The van der Waals surface area contributed by atoms with Crippen molar-refractivity contribution in [2.24, 2.45) is 0 Å². The number of rotatable bonds is 6. The van der Waals surface area contributed by atoms with Crippen molar-refractivity contribution in [2.45, 2.75) is 75.7 Å². The first-order valence-electron chi connectivity index (χ1n) is 7.39. The molecule has 4 atom stereocenters. The normalized spacial score (nSPS) is 38.6. The Morgan fingerprint density at radius 1 is 0.955 bits per heavy atom. The Hall–Kier alpha value is -1.06. The Morgan fingerprint density at radius 2 is 1.41 bits per heavy atom. The van der Waals surface area contributed by atoms with E-state index in [1.54, 1.807) is 13.8 Å². The summed E-state index contributed by atoms with van der Waals surface area (Å²) in [5.74, 6) is -1.62. The molecule has 5 N–H and O–H groups in total. The van der Waals surface area contributed by atoms with Gasteiger partial charge < -0.3 is 30.3 Å². The SMILES string of the molecule is CCCC(=O)OC1C(O)C(O)C(O)(C(=O)CCC)C(O)C1O. The van der Waals surface area contributed by atoms with Gasteiger partial charge in [0.1, 0.15) is 24.4 Å². The van der Waals surface area contributed by atoms with Crippen LogP contribution in [0.25, 0.3) is 0 Å². The van der Waals surface area contributed by atoms with Gasteiger partial charge in [0.25, 0.3) is 0 Å². The van der Waals surface area contributed by atoms with Gasteiger partial charge in [-0.15, -0.1) is 0 Å². The minimum atomic E-state index is -2.71. The average Bonchev–Trinajstić information content (AvgIpc) is 2.48. The highest BCUT2D eigenvalue weighted by molar-refractivity contribution is 5.89. The lowest BCUT2D eigenvalue weighted by Gasteiger charge is -2.47. The Balaban J connectivity index is 3.01. The van der Waals surface area contributed by atoms with Crippen molar-refractivity contribution in [3.05, 3.63) is 0 Å². The maximum Gasteiger partial charge on any atom is 0.306 e. The van der Waals surface area contributed by atoms with Crippen molar-refractivity contribution in [3.63, 3.8) is 0 Å². The minimum absolute atomic E-state index is 0.0289. The van der Waals surface area contributed by atoms with Crippen LogP contribution >= 0.6 is 0 Å². The monoisotopic (exact) mass is 320 g/mol. The Bertz CT molecular complexity index is 390. The predicted octanol–water partition coefficient (Wildman–Crippen LogP) is -1.74. The van der Waals surface area contributed by atoms with Crippen molar-refractivity contribution in [1.29, 1.82) is 0 Å². The van der Waals surface area contributed by atoms with E-state index in [1.807, 2.05) is 0 Å². The quantitative estimate of drug-likeness (QED) is 0.363. The number of ether oxygens (including phenoxy) is 1. The summed E-state index contributed by atoms with van der Waals surface area (Å²) in [5.41, 5.74) is -2.71. The van der Waals surface area contributed by atoms with E-state index in [0.717, 1.165) is 0 Å². The molecule has 1 saturated carbocycles. The summed E-state index contributed by atoms with van der Waals surface area (Å²) in [7, 11) is 0. The largest absolute Gasteiger partial charge is 0.457 e. The second kappa shape index (κ2) is 7.47. The summed E-state index contributed by atoms with van der Waals surface area (Å²) < 4.78 is 4.85. The molecule has 0 aromatic rings. The van der Waals surface area contributed by atoms with Crippen molar-refractivity contribution < 1.29 is 39.9 Å². The fourth-order valence-electron chi connectivity index (χ4n) is 2.57. The Morgan fingerprint density at radius 3 is 1.82 bits per heavy atom. The van der Waals surface area contributed by atoms with Crippen LogP contribution in [-0.4, -0.2) is 73.4 Å². The zero-order valence-corrected chi connectivity index (χ0v) is 12.7. The van der Waals surface area contributed by atoms with Gasteiger partial charge in [0, 0.05) is 12.8 Å².